The number of guanidine groups is 6. The van der Waals surface area contributed by atoms with Gasteiger partial charge in [-0.2, -0.15) is 5.10 Å². The first-order valence-corrected chi connectivity index (χ1v) is 36.5. The quantitative estimate of drug-likeness (QED) is 0.0116. The summed E-state index contributed by atoms with van der Waals surface area (Å²) < 4.78 is 0. The Morgan fingerprint density at radius 3 is 0.889 bits per heavy atom. The first-order valence-electron chi connectivity index (χ1n) is 36.5. The Morgan fingerprint density at radius 2 is 0.602 bits per heavy atom. The van der Waals surface area contributed by atoms with Crippen molar-refractivity contribution in [1.82, 2.24) is 26.9 Å². The van der Waals surface area contributed by atoms with Crippen LogP contribution < -0.4 is 128 Å². The molecule has 4 aromatic carbocycles. The van der Waals surface area contributed by atoms with Crippen LogP contribution in [-0.4, -0.2) is 91.3 Å². The topological polar surface area (TPSA) is 627 Å². The number of nitrogens with one attached hydrogen (secondary N) is 9. The van der Waals surface area contributed by atoms with Gasteiger partial charge in [0, 0.05) is 110 Å². The van der Waals surface area contributed by atoms with Crippen molar-refractivity contribution in [2.45, 2.75) is 200 Å². The summed E-state index contributed by atoms with van der Waals surface area (Å²) >= 11 is 0. The Labute approximate surface area is 636 Å². The van der Waals surface area contributed by atoms with Crippen LogP contribution in [0.3, 0.4) is 0 Å². The van der Waals surface area contributed by atoms with Gasteiger partial charge in [-0.3, -0.25) is 45.4 Å². The number of benzene rings is 4. The summed E-state index contributed by atoms with van der Waals surface area (Å²) in [5, 5.41) is 38.3. The van der Waals surface area contributed by atoms with Crippen molar-refractivity contribution in [3.05, 3.63) is 142 Å². The Kier molecular flexibility index (Phi) is 40.7. The summed E-state index contributed by atoms with van der Waals surface area (Å²) in [4.78, 5) is 59.8. The van der Waals surface area contributed by atoms with Crippen molar-refractivity contribution in [3.8, 4) is 0 Å². The lowest BCUT2D eigenvalue weighted by Gasteiger charge is -2.20. The van der Waals surface area contributed by atoms with Crippen LogP contribution in [0.25, 0.3) is 0 Å². The predicted molar refractivity (Wildman–Crippen MR) is 442 cm³/mol. The molecule has 0 saturated heterocycles. The molecule has 37 N–H and O–H groups in total. The highest BCUT2D eigenvalue weighted by molar-refractivity contribution is 6.01. The Balaban J connectivity index is 0.000000560. The molecular formula is C74H124N30O4. The van der Waals surface area contributed by atoms with Gasteiger partial charge in [0.1, 0.15) is 0 Å². The third-order valence-electron chi connectivity index (χ3n) is 17.0. The first-order chi connectivity index (χ1) is 51.1. The number of anilines is 4. The number of aliphatic imine (C=N–C) groups is 2. The molecule has 34 heteroatoms. The van der Waals surface area contributed by atoms with E-state index in [2.05, 4.69) is 96.8 Å². The number of carbonyl (C=O) groups excluding carboxylic acids is 4. The zero-order valence-electron chi connectivity index (χ0n) is 64.4. The molecule has 4 aromatic rings. The van der Waals surface area contributed by atoms with Gasteiger partial charge in [0.05, 0.1) is 23.8 Å². The average molecular weight is 1500 g/mol. The molecule has 0 radical (unpaired) electrons. The number of nitrogens with two attached hydrogens (primary N) is 14. The van der Waals surface area contributed by atoms with Gasteiger partial charge in [-0.1, -0.05) is 96.6 Å². The number of nitrogens with zero attached hydrogens (tertiary/aromatic N) is 7. The van der Waals surface area contributed by atoms with Gasteiger partial charge in [-0.25, -0.2) is 0 Å². The van der Waals surface area contributed by atoms with Gasteiger partial charge in [0.25, 0.3) is 0 Å². The number of rotatable bonds is 47. The fraction of sp³-hybridized carbons (Fsp3) is 0.473. The van der Waals surface area contributed by atoms with E-state index in [1.165, 1.54) is 0 Å². The van der Waals surface area contributed by atoms with E-state index >= 15 is 0 Å². The van der Waals surface area contributed by atoms with Crippen molar-refractivity contribution in [1.29, 1.82) is 0 Å². The van der Waals surface area contributed by atoms with Crippen LogP contribution in [0.4, 0.5) is 22.7 Å². The number of hydrogen-bond donors (Lipinski definition) is 23. The molecule has 0 aliphatic heterocycles. The molecule has 34 nitrogen and oxygen atoms in total. The maximum Gasteiger partial charge on any atom is 0.224 e. The molecule has 0 spiro atoms. The van der Waals surface area contributed by atoms with Gasteiger partial charge < -0.3 is 112 Å². The van der Waals surface area contributed by atoms with Gasteiger partial charge in [0.2, 0.25) is 47.5 Å². The highest BCUT2D eigenvalue weighted by Crippen LogP contribution is 2.30. The van der Waals surface area contributed by atoms with Gasteiger partial charge in [0.15, 0.2) is 11.9 Å². The van der Waals surface area contributed by atoms with E-state index in [1.54, 1.807) is 6.92 Å². The van der Waals surface area contributed by atoms with Crippen LogP contribution in [0.2, 0.25) is 0 Å². The minimum absolute atomic E-state index is 0.00293. The third kappa shape index (κ3) is 38.5. The van der Waals surface area contributed by atoms with E-state index in [9.17, 15) is 19.2 Å². The molecule has 0 fully saturated rings. The van der Waals surface area contributed by atoms with Crippen molar-refractivity contribution in [3.63, 3.8) is 0 Å². The number of hydrazone groups is 3. The highest BCUT2D eigenvalue weighted by Gasteiger charge is 2.19. The summed E-state index contributed by atoms with van der Waals surface area (Å²) in [6.45, 7) is 24.8. The second kappa shape index (κ2) is 48.5. The van der Waals surface area contributed by atoms with E-state index in [1.807, 2.05) is 121 Å². The van der Waals surface area contributed by atoms with Crippen molar-refractivity contribution in [2.24, 2.45) is 116 Å². The van der Waals surface area contributed by atoms with Crippen LogP contribution in [0.1, 0.15) is 245 Å². The zero-order valence-corrected chi connectivity index (χ0v) is 64.4. The molecule has 7 atom stereocenters. The lowest BCUT2D eigenvalue weighted by molar-refractivity contribution is -0.117. The van der Waals surface area contributed by atoms with Crippen LogP contribution in [0.15, 0.2) is 133 Å². The van der Waals surface area contributed by atoms with Crippen molar-refractivity contribution >= 4 is 87.8 Å². The number of carbonyl (C=O) groups is 4. The molecule has 0 bridgehead atoms. The fourth-order valence-electron chi connectivity index (χ4n) is 10.9. The number of hydrogen-bond acceptors (Lipinski definition) is 18. The second-order valence-corrected chi connectivity index (χ2v) is 27.2. The van der Waals surface area contributed by atoms with E-state index < -0.39 is 0 Å². The minimum atomic E-state index is -0.227. The van der Waals surface area contributed by atoms with Gasteiger partial charge in [-0.15, -0.1) is 20.4 Å². The highest BCUT2D eigenvalue weighted by atomic mass is 16.2. The Morgan fingerprint density at radius 1 is 0.333 bits per heavy atom. The van der Waals surface area contributed by atoms with Crippen LogP contribution in [0, 0.1) is 0 Å². The molecule has 0 heterocycles. The summed E-state index contributed by atoms with van der Waals surface area (Å²) in [5.41, 5.74) is 97.7. The van der Waals surface area contributed by atoms with E-state index in [4.69, 9.17) is 80.3 Å². The average Bonchev–Trinajstić information content (AvgIpc) is 0.855. The number of unbranched alkanes of at least 4 members (excludes halogenated alkanes) is 10. The van der Waals surface area contributed by atoms with E-state index in [0.717, 1.165) is 122 Å². The maximum atomic E-state index is 12.9. The minimum Gasteiger partial charge on any atom is -0.401 e. The molecule has 0 aromatic heterocycles. The summed E-state index contributed by atoms with van der Waals surface area (Å²) in [6.07, 6.45) is 12.1. The SMILES string of the molecule is C=C(N)CNC(C)c1cc(NC(=O)CCCCCCCCC(=O)Nc2cc(C(C)CN=C(N)N)cc(C(C)NN=C(N)N)c2)cc(/C(C)=N/N=C(N)N)c1.C=C(N)CNC(C)c1cc(NC(=O)CCCCCCCCC(=O)Nc2cc(C(C)CN=C(N)N)cc(C(C)NN=C(N)N)c2)cc(C(C)NN=C(N)N)c1. The lowest BCUT2D eigenvalue weighted by Crippen LogP contribution is -2.27. The molecule has 4 amide bonds. The van der Waals surface area contributed by atoms with Gasteiger partial charge >= 0.3 is 0 Å². The smallest absolute Gasteiger partial charge is 0.224 e. The molecule has 0 aliphatic carbocycles. The normalized spacial score (nSPS) is 12.9. The fourth-order valence-corrected chi connectivity index (χ4v) is 10.9. The van der Waals surface area contributed by atoms with Crippen molar-refractivity contribution < 1.29 is 19.2 Å². The largest absolute Gasteiger partial charge is 0.401 e. The maximum absolute atomic E-state index is 12.9. The van der Waals surface area contributed by atoms with Crippen LogP contribution in [0.5, 0.6) is 0 Å². The monoisotopic (exact) mass is 1500 g/mol. The molecule has 4 rings (SSSR count). The Hall–Kier alpha value is -11.6. The van der Waals surface area contributed by atoms with E-state index in [-0.39, 0.29) is 101 Å². The number of amides is 4. The standard InChI is InChI=1S/C37H63N15O2.C37H61N15O2/c2*1-22(20-46-35(39)40)27-14-29(25(4)49-51-36(41)42)18-31(16-27)47-33(53)12-10-8-6-7-9-11-13-34(54)48-32-17-28(24(3)45-21-23(2)38)15-30(19-32)26(5)50-52-37(43)44/h14-19,22,24-26,45,49-50H,2,6-13,20-21,38H2,1,3-5H3,(H,47,53)(H,48,54)(H4,39,40,46)(H4,41,42,51)(H4,43,44,52);14-19,22,24-25,45,49H,2,6-13,20-21,38H2,1,3-5H3,(H,47,53)(H,48,54)(H4,39,40,46)(H4,41,42,51)(H4,43,44,52)/b;50-26+. The Bertz CT molecular complexity index is 3680. The molecule has 594 valence electrons. The van der Waals surface area contributed by atoms with Gasteiger partial charge in [-0.05, 0) is 166 Å². The molecule has 0 saturated carbocycles. The van der Waals surface area contributed by atoms with Crippen molar-refractivity contribution in [2.75, 3.05) is 47.4 Å². The lowest BCUT2D eigenvalue weighted by atomic mass is 9.96. The summed E-state index contributed by atoms with van der Waals surface area (Å²) in [7, 11) is 0. The molecule has 0 aliphatic rings. The van der Waals surface area contributed by atoms with E-state index in [0.29, 0.717) is 91.7 Å². The molecular weight excluding hydrogens is 1370 g/mol. The predicted octanol–water partition coefficient (Wildman–Crippen LogP) is 5.28. The third-order valence-corrected chi connectivity index (χ3v) is 17.0. The zero-order chi connectivity index (χ0) is 80.4. The van der Waals surface area contributed by atoms with Crippen LogP contribution >= 0.6 is 0 Å². The summed E-state index contributed by atoms with van der Waals surface area (Å²) in [6, 6.07) is 22.5. The first kappa shape index (κ1) is 90.7. The summed E-state index contributed by atoms with van der Waals surface area (Å²) in [5.74, 6) is -0.627. The molecule has 108 heavy (non-hydrogen) atoms. The molecule has 7 unspecified atom stereocenters. The second-order valence-electron chi connectivity index (χ2n) is 27.2. The van der Waals surface area contributed by atoms with Crippen LogP contribution in [-0.2, 0) is 19.2 Å².